The summed E-state index contributed by atoms with van der Waals surface area (Å²) in [5.41, 5.74) is 0.827. The van der Waals surface area contributed by atoms with Crippen molar-refractivity contribution in [2.24, 2.45) is 0 Å². The Bertz CT molecular complexity index is 1030. The van der Waals surface area contributed by atoms with Crippen molar-refractivity contribution >= 4 is 22.0 Å². The van der Waals surface area contributed by atoms with E-state index < -0.39 is 26.6 Å². The third kappa shape index (κ3) is 5.48. The van der Waals surface area contributed by atoms with Gasteiger partial charge in [-0.1, -0.05) is 25.1 Å². The van der Waals surface area contributed by atoms with E-state index in [1.54, 1.807) is 6.08 Å². The molecule has 6 nitrogen and oxygen atoms in total. The standard InChI is InChI=1S/C22H24F2N2O4S/c1-2-16-30-18-9-6-17(7-10-18)8-11-21(27)25-12-14-26(15-13-25)31(28,29)22-19(23)4-3-5-20(22)24/h3-11H,2,12-16H2,1H3/b11-8+. The van der Waals surface area contributed by atoms with E-state index in [1.165, 1.54) is 11.0 Å². The lowest BCUT2D eigenvalue weighted by molar-refractivity contribution is -0.127. The summed E-state index contributed by atoms with van der Waals surface area (Å²) in [6.45, 7) is 2.83. The molecule has 0 atom stereocenters. The molecule has 1 aliphatic rings. The van der Waals surface area contributed by atoms with Gasteiger partial charge in [0.25, 0.3) is 0 Å². The lowest BCUT2D eigenvalue weighted by atomic mass is 10.2. The molecule has 1 heterocycles. The van der Waals surface area contributed by atoms with Crippen LogP contribution in [0.15, 0.2) is 53.4 Å². The zero-order chi connectivity index (χ0) is 22.4. The first-order valence-electron chi connectivity index (χ1n) is 9.97. The SMILES string of the molecule is CCCOc1ccc(/C=C/C(=O)N2CCN(S(=O)(=O)c3c(F)cccc3F)CC2)cc1. The summed E-state index contributed by atoms with van der Waals surface area (Å²) >= 11 is 0. The van der Waals surface area contributed by atoms with Crippen LogP contribution < -0.4 is 4.74 Å². The fourth-order valence-electron chi connectivity index (χ4n) is 3.17. The number of sulfonamides is 1. The molecule has 0 unspecified atom stereocenters. The number of nitrogens with zero attached hydrogens (tertiary/aromatic N) is 2. The second kappa shape index (κ2) is 10.0. The van der Waals surface area contributed by atoms with Crippen molar-refractivity contribution in [1.82, 2.24) is 9.21 Å². The van der Waals surface area contributed by atoms with E-state index in [9.17, 15) is 22.0 Å². The van der Waals surface area contributed by atoms with Gasteiger partial charge < -0.3 is 9.64 Å². The van der Waals surface area contributed by atoms with Gasteiger partial charge in [-0.3, -0.25) is 4.79 Å². The molecule has 0 bridgehead atoms. The van der Waals surface area contributed by atoms with Crippen LogP contribution in [0, 0.1) is 11.6 Å². The maximum atomic E-state index is 13.9. The molecule has 2 aromatic carbocycles. The summed E-state index contributed by atoms with van der Waals surface area (Å²) in [5.74, 6) is -1.77. The lowest BCUT2D eigenvalue weighted by Crippen LogP contribution is -2.50. The monoisotopic (exact) mass is 450 g/mol. The highest BCUT2D eigenvalue weighted by Gasteiger charge is 2.33. The van der Waals surface area contributed by atoms with Crippen LogP contribution in [0.4, 0.5) is 8.78 Å². The van der Waals surface area contributed by atoms with Crippen LogP contribution in [0.25, 0.3) is 6.08 Å². The van der Waals surface area contributed by atoms with Gasteiger partial charge in [-0.15, -0.1) is 0 Å². The summed E-state index contributed by atoms with van der Waals surface area (Å²) < 4.78 is 59.6. The van der Waals surface area contributed by atoms with Crippen molar-refractivity contribution in [3.05, 3.63) is 65.7 Å². The van der Waals surface area contributed by atoms with Gasteiger partial charge >= 0.3 is 0 Å². The second-order valence-electron chi connectivity index (χ2n) is 7.03. The summed E-state index contributed by atoms with van der Waals surface area (Å²) in [6, 6.07) is 10.2. The number of rotatable bonds is 7. The van der Waals surface area contributed by atoms with Crippen molar-refractivity contribution in [2.45, 2.75) is 18.2 Å². The van der Waals surface area contributed by atoms with Gasteiger partial charge in [-0.25, -0.2) is 17.2 Å². The molecule has 0 spiro atoms. The Balaban J connectivity index is 1.59. The number of carbonyl (C=O) groups is 1. The molecule has 3 rings (SSSR count). The van der Waals surface area contributed by atoms with E-state index in [2.05, 4.69) is 0 Å². The molecule has 0 aromatic heterocycles. The number of carbonyl (C=O) groups excluding carboxylic acids is 1. The molecular weight excluding hydrogens is 426 g/mol. The average Bonchev–Trinajstić information content (AvgIpc) is 2.76. The highest BCUT2D eigenvalue weighted by Crippen LogP contribution is 2.23. The number of ether oxygens (including phenoxy) is 1. The molecule has 1 fully saturated rings. The highest BCUT2D eigenvalue weighted by molar-refractivity contribution is 7.89. The fraction of sp³-hybridized carbons (Fsp3) is 0.318. The topological polar surface area (TPSA) is 66.9 Å². The van der Waals surface area contributed by atoms with Crippen molar-refractivity contribution in [2.75, 3.05) is 32.8 Å². The Kier molecular flexibility index (Phi) is 7.40. The highest BCUT2D eigenvalue weighted by atomic mass is 32.2. The summed E-state index contributed by atoms with van der Waals surface area (Å²) in [7, 11) is -4.32. The Hall–Kier alpha value is -2.78. The average molecular weight is 451 g/mol. The first-order valence-corrected chi connectivity index (χ1v) is 11.4. The number of piperazine rings is 1. The third-order valence-electron chi connectivity index (χ3n) is 4.84. The molecule has 0 saturated carbocycles. The quantitative estimate of drug-likeness (QED) is 0.607. The maximum absolute atomic E-state index is 13.9. The first kappa shape index (κ1) is 22.9. The molecule has 31 heavy (non-hydrogen) atoms. The van der Waals surface area contributed by atoms with Gasteiger partial charge in [-0.2, -0.15) is 4.31 Å². The van der Waals surface area contributed by atoms with Crippen molar-refractivity contribution in [1.29, 1.82) is 0 Å². The molecular formula is C22H24F2N2O4S. The molecule has 9 heteroatoms. The zero-order valence-electron chi connectivity index (χ0n) is 17.1. The fourth-order valence-corrected chi connectivity index (χ4v) is 4.71. The Morgan fingerprint density at radius 2 is 1.65 bits per heavy atom. The molecule has 0 radical (unpaired) electrons. The van der Waals surface area contributed by atoms with E-state index >= 15 is 0 Å². The predicted octanol–water partition coefficient (Wildman–Crippen LogP) is 3.30. The Labute approximate surface area is 180 Å². The van der Waals surface area contributed by atoms with Crippen LogP contribution in [0.5, 0.6) is 5.75 Å². The second-order valence-corrected chi connectivity index (χ2v) is 8.91. The lowest BCUT2D eigenvalue weighted by Gasteiger charge is -2.33. The molecule has 2 aromatic rings. The van der Waals surface area contributed by atoms with Crippen LogP contribution in [0.2, 0.25) is 0 Å². The summed E-state index contributed by atoms with van der Waals surface area (Å²) in [5, 5.41) is 0. The van der Waals surface area contributed by atoms with Gasteiger partial charge in [0.1, 0.15) is 17.4 Å². The summed E-state index contributed by atoms with van der Waals surface area (Å²) in [6.07, 6.45) is 4.01. The molecule has 1 amide bonds. The van der Waals surface area contributed by atoms with Gasteiger partial charge in [0.2, 0.25) is 15.9 Å². The molecule has 0 aliphatic carbocycles. The molecule has 166 valence electrons. The van der Waals surface area contributed by atoms with Gasteiger partial charge in [0.05, 0.1) is 6.61 Å². The largest absolute Gasteiger partial charge is 0.494 e. The Morgan fingerprint density at radius 1 is 1.03 bits per heavy atom. The predicted molar refractivity (Wildman–Crippen MR) is 113 cm³/mol. The van der Waals surface area contributed by atoms with Crippen molar-refractivity contribution < 1.29 is 26.7 Å². The van der Waals surface area contributed by atoms with Crippen LogP contribution >= 0.6 is 0 Å². The number of benzene rings is 2. The normalized spacial score (nSPS) is 15.4. The van der Waals surface area contributed by atoms with E-state index in [0.29, 0.717) is 6.61 Å². The molecule has 1 aliphatic heterocycles. The van der Waals surface area contributed by atoms with Gasteiger partial charge in [-0.05, 0) is 42.3 Å². The number of hydrogen-bond donors (Lipinski definition) is 0. The van der Waals surface area contributed by atoms with E-state index in [4.69, 9.17) is 4.74 Å². The van der Waals surface area contributed by atoms with Crippen LogP contribution in [-0.2, 0) is 14.8 Å². The van der Waals surface area contributed by atoms with Crippen LogP contribution in [0.3, 0.4) is 0 Å². The minimum Gasteiger partial charge on any atom is -0.494 e. The zero-order valence-corrected chi connectivity index (χ0v) is 17.9. The van der Waals surface area contributed by atoms with E-state index in [0.717, 1.165) is 40.2 Å². The maximum Gasteiger partial charge on any atom is 0.249 e. The van der Waals surface area contributed by atoms with E-state index in [-0.39, 0.29) is 32.1 Å². The number of hydrogen-bond acceptors (Lipinski definition) is 4. The molecule has 0 N–H and O–H groups in total. The summed E-state index contributed by atoms with van der Waals surface area (Å²) in [4.78, 5) is 13.0. The number of amides is 1. The Morgan fingerprint density at radius 3 is 2.23 bits per heavy atom. The smallest absolute Gasteiger partial charge is 0.249 e. The number of halogens is 2. The van der Waals surface area contributed by atoms with E-state index in [1.807, 2.05) is 31.2 Å². The third-order valence-corrected chi connectivity index (χ3v) is 6.79. The van der Waals surface area contributed by atoms with Crippen molar-refractivity contribution in [3.8, 4) is 5.75 Å². The first-order chi connectivity index (χ1) is 14.8. The minimum absolute atomic E-state index is 0.0425. The van der Waals surface area contributed by atoms with Crippen LogP contribution in [0.1, 0.15) is 18.9 Å². The molecule has 1 saturated heterocycles. The van der Waals surface area contributed by atoms with Gasteiger partial charge in [0, 0.05) is 32.3 Å². The van der Waals surface area contributed by atoms with Gasteiger partial charge in [0.15, 0.2) is 4.90 Å². The van der Waals surface area contributed by atoms with Crippen molar-refractivity contribution in [3.63, 3.8) is 0 Å². The van der Waals surface area contributed by atoms with Crippen LogP contribution in [-0.4, -0.2) is 56.3 Å². The minimum atomic E-state index is -4.32.